The van der Waals surface area contributed by atoms with E-state index in [0.29, 0.717) is 23.7 Å². The van der Waals surface area contributed by atoms with Gasteiger partial charge in [-0.15, -0.1) is 0 Å². The third kappa shape index (κ3) is 3.12. The summed E-state index contributed by atoms with van der Waals surface area (Å²) in [6.07, 6.45) is 6.06. The number of nitrogens with zero attached hydrogens (tertiary/aromatic N) is 5. The highest BCUT2D eigenvalue weighted by molar-refractivity contribution is 5.98. The number of hydrogen-bond acceptors (Lipinski definition) is 5. The predicted molar refractivity (Wildman–Crippen MR) is 107 cm³/mol. The number of halogens is 1. The van der Waals surface area contributed by atoms with E-state index >= 15 is 0 Å². The smallest absolute Gasteiger partial charge is 0.324 e. The van der Waals surface area contributed by atoms with E-state index in [1.807, 2.05) is 11.9 Å². The molecular formula is C20H25FN6O. The second-order valence-electron chi connectivity index (χ2n) is 7.33. The van der Waals surface area contributed by atoms with E-state index in [1.165, 1.54) is 6.07 Å². The van der Waals surface area contributed by atoms with Crippen LogP contribution in [0, 0.1) is 12.7 Å². The zero-order valence-corrected chi connectivity index (χ0v) is 16.4. The van der Waals surface area contributed by atoms with Crippen LogP contribution in [0.4, 0.5) is 32.3 Å². The van der Waals surface area contributed by atoms with Crippen LogP contribution in [-0.4, -0.2) is 40.6 Å². The molecule has 7 nitrogen and oxygen atoms in total. The number of benzene rings is 1. The first-order valence-corrected chi connectivity index (χ1v) is 9.74. The quantitative estimate of drug-likeness (QED) is 0.855. The third-order valence-electron chi connectivity index (χ3n) is 5.48. The average molecular weight is 384 g/mol. The Morgan fingerprint density at radius 2 is 2.04 bits per heavy atom. The fourth-order valence-electron chi connectivity index (χ4n) is 3.97. The van der Waals surface area contributed by atoms with E-state index in [0.717, 1.165) is 37.2 Å². The summed E-state index contributed by atoms with van der Waals surface area (Å²) in [7, 11) is 1.75. The van der Waals surface area contributed by atoms with Crippen LogP contribution >= 0.6 is 0 Å². The molecule has 1 fully saturated rings. The fraction of sp³-hybridized carbons (Fsp3) is 0.450. The Labute approximate surface area is 164 Å². The van der Waals surface area contributed by atoms with Crippen molar-refractivity contribution in [3.63, 3.8) is 0 Å². The number of anilines is 4. The van der Waals surface area contributed by atoms with E-state index < -0.39 is 0 Å². The van der Waals surface area contributed by atoms with Crippen molar-refractivity contribution in [1.29, 1.82) is 0 Å². The summed E-state index contributed by atoms with van der Waals surface area (Å²) < 4.78 is 13.5. The van der Waals surface area contributed by atoms with Crippen LogP contribution in [0.5, 0.6) is 0 Å². The van der Waals surface area contributed by atoms with Crippen molar-refractivity contribution in [1.82, 2.24) is 15.0 Å². The van der Waals surface area contributed by atoms with Crippen LogP contribution < -0.4 is 15.2 Å². The summed E-state index contributed by atoms with van der Waals surface area (Å²) in [5.74, 6) is 0.904. The van der Waals surface area contributed by atoms with Crippen LogP contribution in [0.1, 0.15) is 38.2 Å². The molecule has 4 rings (SSSR count). The Morgan fingerprint density at radius 3 is 2.71 bits per heavy atom. The van der Waals surface area contributed by atoms with E-state index in [2.05, 4.69) is 10.3 Å². The Bertz CT molecular complexity index is 898. The lowest BCUT2D eigenvalue weighted by molar-refractivity contribution is 0.191. The highest BCUT2D eigenvalue weighted by Crippen LogP contribution is 2.38. The monoisotopic (exact) mass is 384 g/mol. The van der Waals surface area contributed by atoms with E-state index in [9.17, 15) is 9.18 Å². The number of rotatable bonds is 4. The summed E-state index contributed by atoms with van der Waals surface area (Å²) in [5.41, 5.74) is 1.97. The second-order valence-corrected chi connectivity index (χ2v) is 7.33. The van der Waals surface area contributed by atoms with Gasteiger partial charge in [0.25, 0.3) is 0 Å². The molecule has 28 heavy (non-hydrogen) atoms. The molecule has 0 bridgehead atoms. The molecule has 1 aliphatic heterocycles. The van der Waals surface area contributed by atoms with Gasteiger partial charge in [-0.2, -0.15) is 4.98 Å². The number of fused-ring (bicyclic) bond motifs is 1. The van der Waals surface area contributed by atoms with Gasteiger partial charge in [0, 0.05) is 19.3 Å². The maximum Gasteiger partial charge on any atom is 0.343 e. The van der Waals surface area contributed by atoms with Gasteiger partial charge in [0.05, 0.1) is 12.2 Å². The first kappa shape index (κ1) is 18.5. The van der Waals surface area contributed by atoms with Crippen molar-refractivity contribution in [3.05, 3.63) is 35.8 Å². The van der Waals surface area contributed by atoms with E-state index in [4.69, 9.17) is 4.98 Å². The van der Waals surface area contributed by atoms with Crippen molar-refractivity contribution in [2.75, 3.05) is 28.8 Å². The van der Waals surface area contributed by atoms with Crippen LogP contribution in [0.2, 0.25) is 0 Å². The maximum absolute atomic E-state index is 13.5. The van der Waals surface area contributed by atoms with Crippen LogP contribution in [0.3, 0.4) is 0 Å². The van der Waals surface area contributed by atoms with Gasteiger partial charge in [0.15, 0.2) is 5.82 Å². The topological polar surface area (TPSA) is 64.6 Å². The third-order valence-corrected chi connectivity index (χ3v) is 5.48. The van der Waals surface area contributed by atoms with Crippen molar-refractivity contribution >= 4 is 29.2 Å². The molecule has 2 heterocycles. The number of hydrogen-bond donors (Lipinski definition) is 1. The number of hydrazine groups is 1. The highest BCUT2D eigenvalue weighted by atomic mass is 19.1. The zero-order chi connectivity index (χ0) is 19.8. The molecule has 0 unspecified atom stereocenters. The molecule has 148 valence electrons. The number of carbonyl (C=O) groups excluding carboxylic acids is 1. The molecular weight excluding hydrogens is 359 g/mol. The Hall–Kier alpha value is -2.90. The van der Waals surface area contributed by atoms with Gasteiger partial charge in [-0.25, -0.2) is 19.2 Å². The number of carbonyl (C=O) groups is 1. The van der Waals surface area contributed by atoms with Gasteiger partial charge in [0.1, 0.15) is 11.5 Å². The average Bonchev–Trinajstić information content (AvgIpc) is 3.21. The predicted octanol–water partition coefficient (Wildman–Crippen LogP) is 4.22. The van der Waals surface area contributed by atoms with Gasteiger partial charge in [0.2, 0.25) is 5.95 Å². The molecule has 1 saturated carbocycles. The second kappa shape index (κ2) is 7.26. The summed E-state index contributed by atoms with van der Waals surface area (Å²) in [6, 6.07) is 4.99. The standard InChI is InChI=1S/C20H25FN6O/c1-4-26-20(28)25(3)17-12-22-19(23-14-9-10-16(21)13(2)11-14)24-18(17)27(26)15-7-5-6-8-15/h9-12,15H,4-8H2,1-3H3,(H,22,23,24). The Balaban J connectivity index is 1.72. The van der Waals surface area contributed by atoms with E-state index in [-0.39, 0.29) is 17.9 Å². The lowest BCUT2D eigenvalue weighted by Crippen LogP contribution is -2.59. The summed E-state index contributed by atoms with van der Waals surface area (Å²) in [6.45, 7) is 4.26. The first-order chi connectivity index (χ1) is 13.5. The van der Waals surface area contributed by atoms with Gasteiger partial charge < -0.3 is 5.32 Å². The minimum absolute atomic E-state index is 0.0691. The molecule has 1 aliphatic carbocycles. The van der Waals surface area contributed by atoms with Gasteiger partial charge in [-0.05, 0) is 50.5 Å². The molecule has 0 saturated heterocycles. The minimum atomic E-state index is -0.247. The molecule has 0 spiro atoms. The molecule has 2 aromatic rings. The fourth-order valence-corrected chi connectivity index (χ4v) is 3.97. The molecule has 1 aromatic heterocycles. The number of amides is 2. The van der Waals surface area contributed by atoms with Crippen molar-refractivity contribution in [2.24, 2.45) is 0 Å². The first-order valence-electron chi connectivity index (χ1n) is 9.74. The lowest BCUT2D eigenvalue weighted by atomic mass is 10.2. The van der Waals surface area contributed by atoms with Crippen LogP contribution in [-0.2, 0) is 0 Å². The number of aryl methyl sites for hydroxylation is 1. The number of nitrogens with one attached hydrogen (secondary N) is 1. The maximum atomic E-state index is 13.5. The Morgan fingerprint density at radius 1 is 1.29 bits per heavy atom. The van der Waals surface area contributed by atoms with Gasteiger partial charge in [-0.3, -0.25) is 9.91 Å². The SMILES string of the molecule is CCN1C(=O)N(C)c2cnc(Nc3ccc(F)c(C)c3)nc2N1C1CCCC1. The highest BCUT2D eigenvalue weighted by Gasteiger charge is 2.39. The molecule has 0 atom stereocenters. The van der Waals surface area contributed by atoms with Crippen molar-refractivity contribution < 1.29 is 9.18 Å². The van der Waals surface area contributed by atoms with E-state index in [1.54, 1.807) is 42.2 Å². The number of urea groups is 1. The minimum Gasteiger partial charge on any atom is -0.324 e. The Kier molecular flexibility index (Phi) is 4.78. The largest absolute Gasteiger partial charge is 0.343 e. The van der Waals surface area contributed by atoms with Crippen molar-refractivity contribution in [3.8, 4) is 0 Å². The van der Waals surface area contributed by atoms with Crippen LogP contribution in [0.15, 0.2) is 24.4 Å². The molecule has 2 amide bonds. The van der Waals surface area contributed by atoms with Crippen LogP contribution in [0.25, 0.3) is 0 Å². The summed E-state index contributed by atoms with van der Waals surface area (Å²) in [5, 5.41) is 6.96. The lowest BCUT2D eigenvalue weighted by Gasteiger charge is -2.45. The van der Waals surface area contributed by atoms with Crippen molar-refractivity contribution in [2.45, 2.75) is 45.6 Å². The molecule has 0 radical (unpaired) electrons. The molecule has 1 aromatic carbocycles. The number of aromatic nitrogens is 2. The molecule has 8 heteroatoms. The molecule has 2 aliphatic rings. The van der Waals surface area contributed by atoms with Gasteiger partial charge >= 0.3 is 6.03 Å². The summed E-state index contributed by atoms with van der Waals surface area (Å²) >= 11 is 0. The van der Waals surface area contributed by atoms with Gasteiger partial charge in [-0.1, -0.05) is 12.8 Å². The normalized spacial score (nSPS) is 17.3. The zero-order valence-electron chi connectivity index (χ0n) is 16.4. The summed E-state index contributed by atoms with van der Waals surface area (Å²) in [4.78, 5) is 23.6. The molecule has 1 N–H and O–H groups in total.